The van der Waals surface area contributed by atoms with Gasteiger partial charge in [0.15, 0.2) is 0 Å². The van der Waals surface area contributed by atoms with E-state index in [-0.39, 0.29) is 36.9 Å². The average Bonchev–Trinajstić information content (AvgIpc) is 3.78. The first-order valence-corrected chi connectivity index (χ1v) is 17.4. The number of alkyl halides is 4. The van der Waals surface area contributed by atoms with Crippen molar-refractivity contribution in [1.29, 1.82) is 0 Å². The summed E-state index contributed by atoms with van der Waals surface area (Å²) in [5.41, 5.74) is -2.55. The van der Waals surface area contributed by atoms with Crippen LogP contribution in [0.25, 0.3) is 0 Å². The summed E-state index contributed by atoms with van der Waals surface area (Å²) in [5, 5.41) is -0.408. The Morgan fingerprint density at radius 1 is 0.957 bits per heavy atom. The zero-order chi connectivity index (χ0) is 33.7. The van der Waals surface area contributed by atoms with Crippen molar-refractivity contribution in [2.24, 2.45) is 23.2 Å². The van der Waals surface area contributed by atoms with Crippen molar-refractivity contribution in [1.82, 2.24) is 14.7 Å². The topological polar surface area (TPSA) is 53.1 Å². The highest BCUT2D eigenvalue weighted by molar-refractivity contribution is 6.64. The quantitative estimate of drug-likeness (QED) is 0.236. The molecule has 1 aromatic carbocycles. The molecule has 11 heteroatoms. The number of hydrogen-bond acceptors (Lipinski definition) is 5. The Hall–Kier alpha value is -2.43. The minimum atomic E-state index is -4.50. The largest absolute Gasteiger partial charge is 0.497 e. The number of methoxy groups -OCH3 is 1. The van der Waals surface area contributed by atoms with Crippen LogP contribution in [0.5, 0.6) is 5.75 Å². The molecule has 3 heterocycles. The number of likely N-dealkylation sites (tertiary alicyclic amines) is 3. The lowest BCUT2D eigenvalue weighted by atomic mass is 9.69. The van der Waals surface area contributed by atoms with Gasteiger partial charge in [0.25, 0.3) is 5.91 Å². The van der Waals surface area contributed by atoms with Crippen LogP contribution in [-0.2, 0) is 9.59 Å². The maximum absolute atomic E-state index is 17.6. The third kappa shape index (κ3) is 6.76. The molecule has 1 aromatic rings. The second-order valence-corrected chi connectivity index (χ2v) is 15.4. The fourth-order valence-corrected chi connectivity index (χ4v) is 9.27. The van der Waals surface area contributed by atoms with Crippen LogP contribution >= 0.6 is 11.6 Å². The number of allylic oxidation sites excluding steroid dienone is 2. The molecular weight excluding hydrogens is 634 g/mol. The van der Waals surface area contributed by atoms with Gasteiger partial charge in [-0.3, -0.25) is 19.4 Å². The first-order valence-electron chi connectivity index (χ1n) is 17.0. The molecule has 3 saturated heterocycles. The first kappa shape index (κ1) is 34.4. The molecule has 6 nitrogen and oxygen atoms in total. The summed E-state index contributed by atoms with van der Waals surface area (Å²) in [4.78, 5) is 32.1. The molecule has 4 fully saturated rings. The van der Waals surface area contributed by atoms with E-state index in [1.54, 1.807) is 30.2 Å². The van der Waals surface area contributed by atoms with E-state index in [2.05, 4.69) is 4.90 Å². The molecule has 1 amide bonds. The zero-order valence-corrected chi connectivity index (χ0v) is 28.2. The van der Waals surface area contributed by atoms with Crippen LogP contribution in [0, 0.1) is 23.2 Å². The number of piperidine rings is 1. The zero-order valence-electron chi connectivity index (χ0n) is 27.4. The van der Waals surface area contributed by atoms with Crippen molar-refractivity contribution < 1.29 is 31.9 Å². The second-order valence-electron chi connectivity index (χ2n) is 15.0. The van der Waals surface area contributed by atoms with Gasteiger partial charge >= 0.3 is 6.18 Å². The van der Waals surface area contributed by atoms with E-state index >= 15 is 4.39 Å². The Kier molecular flexibility index (Phi) is 9.61. The van der Waals surface area contributed by atoms with Gasteiger partial charge in [0.1, 0.15) is 5.75 Å². The predicted octanol–water partition coefficient (Wildman–Crippen LogP) is 6.75. The summed E-state index contributed by atoms with van der Waals surface area (Å²) in [6, 6.07) is 6.99. The summed E-state index contributed by atoms with van der Waals surface area (Å²) >= 11 is 5.76. The van der Waals surface area contributed by atoms with E-state index in [1.807, 2.05) is 30.9 Å². The number of benzene rings is 1. The molecule has 0 N–H and O–H groups in total. The van der Waals surface area contributed by atoms with Gasteiger partial charge in [-0.25, -0.2) is 4.39 Å². The lowest BCUT2D eigenvalue weighted by Gasteiger charge is -2.44. The van der Waals surface area contributed by atoms with Crippen LogP contribution in [-0.4, -0.2) is 96.2 Å². The number of nitrogens with zero attached hydrogens (tertiary/aromatic N) is 3. The number of hydrogen-bond donors (Lipinski definition) is 0. The molecule has 1 saturated carbocycles. The van der Waals surface area contributed by atoms with E-state index in [4.69, 9.17) is 16.3 Å². The summed E-state index contributed by atoms with van der Waals surface area (Å²) in [5.74, 6) is -1.35. The van der Waals surface area contributed by atoms with E-state index in [9.17, 15) is 22.8 Å². The minimum absolute atomic E-state index is 0.0344. The Morgan fingerprint density at radius 3 is 2.21 bits per heavy atom. The van der Waals surface area contributed by atoms with E-state index in [0.29, 0.717) is 44.8 Å². The van der Waals surface area contributed by atoms with Crippen molar-refractivity contribution in [3.8, 4) is 5.75 Å². The first-order chi connectivity index (χ1) is 22.2. The second kappa shape index (κ2) is 13.1. The maximum atomic E-state index is 17.6. The Bertz CT molecular complexity index is 1380. The lowest BCUT2D eigenvalue weighted by Crippen LogP contribution is -2.51. The molecule has 5 aliphatic rings. The molecular formula is C36H46ClF4N3O3. The molecule has 3 unspecified atom stereocenters. The van der Waals surface area contributed by atoms with Crippen molar-refractivity contribution >= 4 is 22.8 Å². The minimum Gasteiger partial charge on any atom is -0.497 e. The smallest absolute Gasteiger partial charge is 0.416 e. The summed E-state index contributed by atoms with van der Waals surface area (Å²) in [6.45, 7) is 6.02. The van der Waals surface area contributed by atoms with Crippen LogP contribution in [0.4, 0.5) is 17.6 Å². The normalized spacial score (nSPS) is 32.6. The van der Waals surface area contributed by atoms with Crippen molar-refractivity contribution in [2.75, 3.05) is 46.4 Å². The van der Waals surface area contributed by atoms with Gasteiger partial charge in [-0.2, -0.15) is 13.2 Å². The maximum Gasteiger partial charge on any atom is 0.416 e. The number of carbonyl (C=O) groups is 2. The van der Waals surface area contributed by atoms with Crippen molar-refractivity contribution in [2.45, 2.75) is 82.2 Å². The molecule has 0 bridgehead atoms. The summed E-state index contributed by atoms with van der Waals surface area (Å²) in [6.07, 6.45) is 4.78. The average molecular weight is 680 g/mol. The fourth-order valence-electron chi connectivity index (χ4n) is 9.05. The molecule has 0 spiro atoms. The Morgan fingerprint density at radius 2 is 1.62 bits per heavy atom. The Labute approximate surface area is 280 Å². The molecule has 3 aliphatic heterocycles. The van der Waals surface area contributed by atoms with Gasteiger partial charge in [-0.15, -0.1) is 0 Å². The molecule has 0 radical (unpaired) electrons. The lowest BCUT2D eigenvalue weighted by molar-refractivity contribution is -0.143. The molecule has 5 atom stereocenters. The predicted molar refractivity (Wildman–Crippen MR) is 173 cm³/mol. The molecule has 258 valence electrons. The van der Waals surface area contributed by atoms with Gasteiger partial charge in [0.2, 0.25) is 10.9 Å². The van der Waals surface area contributed by atoms with Gasteiger partial charge in [-0.05, 0) is 79.4 Å². The summed E-state index contributed by atoms with van der Waals surface area (Å²) in [7, 11) is 1.58. The van der Waals surface area contributed by atoms with Gasteiger partial charge in [-0.1, -0.05) is 57.0 Å². The SMILES string of the molecule is COc1ccc([C@@H]2CN(C3CCCC3)C[C@@]2(F)C(=O)N2CC(C3C=CC(C(F)(F)F)=CC3N3CCC(C(=O)Cl)CC3)C(C)(C)C2)cc1. The van der Waals surface area contributed by atoms with Crippen LogP contribution in [0.2, 0.25) is 0 Å². The third-order valence-electron chi connectivity index (χ3n) is 11.7. The molecule has 2 aliphatic carbocycles. The van der Waals surface area contributed by atoms with Crippen LogP contribution in [0.3, 0.4) is 0 Å². The number of rotatable bonds is 7. The van der Waals surface area contributed by atoms with Crippen LogP contribution in [0.1, 0.15) is 63.9 Å². The van der Waals surface area contributed by atoms with E-state index < -0.39 is 45.9 Å². The number of ether oxygens (including phenoxy) is 1. The van der Waals surface area contributed by atoms with E-state index in [0.717, 1.165) is 37.3 Å². The highest BCUT2D eigenvalue weighted by Crippen LogP contribution is 2.49. The molecule has 47 heavy (non-hydrogen) atoms. The number of amides is 1. The molecule has 0 aromatic heterocycles. The third-order valence-corrected chi connectivity index (χ3v) is 12.0. The fraction of sp³-hybridized carbons (Fsp3) is 0.667. The number of halogens is 5. The van der Waals surface area contributed by atoms with Gasteiger partial charge < -0.3 is 9.64 Å². The van der Waals surface area contributed by atoms with E-state index in [1.165, 1.54) is 6.08 Å². The van der Waals surface area contributed by atoms with Crippen molar-refractivity contribution in [3.63, 3.8) is 0 Å². The summed E-state index contributed by atoms with van der Waals surface area (Å²) < 4.78 is 64.8. The highest BCUT2D eigenvalue weighted by Gasteiger charge is 2.59. The van der Waals surface area contributed by atoms with Gasteiger partial charge in [0, 0.05) is 56.0 Å². The standard InChI is InChI=1S/C36H46ClF4N3O3/c1-34(2)21-44(20-30(34)28-13-10-25(36(39,40)41)18-31(28)42-16-14-24(15-17-42)32(37)45)33(46)35(38)22-43(26-6-4-5-7-26)19-29(35)23-8-11-27(47-3)12-9-23/h8-13,18,24,26,28-31H,4-7,14-17,19-22H2,1-3H3/t28?,29-,30?,31?,35-/m0/s1. The van der Waals surface area contributed by atoms with Gasteiger partial charge in [0.05, 0.1) is 12.7 Å². The van der Waals surface area contributed by atoms with Crippen LogP contribution in [0.15, 0.2) is 48.1 Å². The molecule has 6 rings (SSSR count). The van der Waals surface area contributed by atoms with Crippen molar-refractivity contribution in [3.05, 3.63) is 53.6 Å². The monoisotopic (exact) mass is 679 g/mol. The number of carbonyl (C=O) groups excluding carboxylic acids is 2. The Balaban J connectivity index is 1.27. The highest BCUT2D eigenvalue weighted by atomic mass is 35.5. The van der Waals surface area contributed by atoms with Crippen LogP contribution < -0.4 is 4.74 Å².